The van der Waals surface area contributed by atoms with Crippen molar-refractivity contribution in [3.05, 3.63) is 0 Å². The van der Waals surface area contributed by atoms with E-state index in [4.69, 9.17) is 24.2 Å². The summed E-state index contributed by atoms with van der Waals surface area (Å²) < 4.78 is 42.9. The number of rotatable bonds is 2. The summed E-state index contributed by atoms with van der Waals surface area (Å²) in [5.41, 5.74) is -0.372. The summed E-state index contributed by atoms with van der Waals surface area (Å²) >= 11 is 0. The Bertz CT molecular complexity index is 578. The zero-order chi connectivity index (χ0) is 20.4. The van der Waals surface area contributed by atoms with E-state index in [0.717, 1.165) is 52.1 Å². The van der Waals surface area contributed by atoms with Gasteiger partial charge in [0.05, 0.1) is 31.8 Å². The molecule has 28 heavy (non-hydrogen) atoms. The summed E-state index contributed by atoms with van der Waals surface area (Å²) in [6.07, 6.45) is -1.98. The molecule has 0 bridgehead atoms. The lowest BCUT2D eigenvalue weighted by Gasteiger charge is -2.33. The SMILES string of the molecule is O=C(N1CCCO1)[C@]12COC[C@H]1CN(C1CCOCC1)C2.O=C(O)C(F)(F)F. The van der Waals surface area contributed by atoms with Gasteiger partial charge in [-0.25, -0.2) is 9.86 Å². The maximum atomic E-state index is 12.9. The van der Waals surface area contributed by atoms with Crippen LogP contribution in [0, 0.1) is 11.3 Å². The first kappa shape index (κ1) is 21.3. The van der Waals surface area contributed by atoms with Gasteiger partial charge in [-0.2, -0.15) is 13.2 Å². The molecule has 0 spiro atoms. The lowest BCUT2D eigenvalue weighted by atomic mass is 9.80. The highest BCUT2D eigenvalue weighted by Crippen LogP contribution is 2.44. The number of hydrogen-bond donors (Lipinski definition) is 1. The number of nitrogens with zero attached hydrogens (tertiary/aromatic N) is 2. The second-order valence-electron chi connectivity index (χ2n) is 7.54. The number of hydroxylamine groups is 2. The number of hydrogen-bond acceptors (Lipinski definition) is 6. The Labute approximate surface area is 160 Å². The Hall–Kier alpha value is -1.43. The molecular weight excluding hydrogens is 385 g/mol. The highest BCUT2D eigenvalue weighted by Gasteiger charge is 2.58. The van der Waals surface area contributed by atoms with Gasteiger partial charge in [0.15, 0.2) is 0 Å². The van der Waals surface area contributed by atoms with Crippen molar-refractivity contribution in [3.63, 3.8) is 0 Å². The Kier molecular flexibility index (Phi) is 6.47. The van der Waals surface area contributed by atoms with Gasteiger partial charge in [0.2, 0.25) is 0 Å². The molecule has 4 rings (SSSR count). The minimum Gasteiger partial charge on any atom is -0.475 e. The van der Waals surface area contributed by atoms with Gasteiger partial charge in [0, 0.05) is 38.3 Å². The fourth-order valence-electron chi connectivity index (χ4n) is 4.26. The largest absolute Gasteiger partial charge is 0.490 e. The standard InChI is InChI=1S/C15H24N2O4.C2HF3O2/c18-14(17-4-1-5-21-17)15-10-16(8-12(15)9-20-11-15)13-2-6-19-7-3-13;3-2(4,5)1(6)7/h12-13H,1-11H2;(H,6,7)/t12-,15-;/m1./s1. The molecule has 0 saturated carbocycles. The summed E-state index contributed by atoms with van der Waals surface area (Å²) in [6, 6.07) is 0.563. The summed E-state index contributed by atoms with van der Waals surface area (Å²) in [5.74, 6) is -2.29. The van der Waals surface area contributed by atoms with Crippen molar-refractivity contribution in [2.24, 2.45) is 11.3 Å². The van der Waals surface area contributed by atoms with Gasteiger partial charge in [-0.05, 0) is 19.3 Å². The number of halogens is 3. The number of alkyl halides is 3. The van der Waals surface area contributed by atoms with Crippen molar-refractivity contribution in [2.45, 2.75) is 31.5 Å². The lowest BCUT2D eigenvalue weighted by Crippen LogP contribution is -2.48. The zero-order valence-electron chi connectivity index (χ0n) is 15.4. The molecule has 0 unspecified atom stereocenters. The lowest BCUT2D eigenvalue weighted by molar-refractivity contribution is -0.192. The van der Waals surface area contributed by atoms with E-state index >= 15 is 0 Å². The van der Waals surface area contributed by atoms with E-state index in [1.165, 1.54) is 0 Å². The van der Waals surface area contributed by atoms with Crippen molar-refractivity contribution in [2.75, 3.05) is 52.7 Å². The summed E-state index contributed by atoms with van der Waals surface area (Å²) in [5, 5.41) is 8.72. The Morgan fingerprint density at radius 2 is 1.79 bits per heavy atom. The van der Waals surface area contributed by atoms with Crippen LogP contribution < -0.4 is 0 Å². The number of ether oxygens (including phenoxy) is 2. The predicted octanol–water partition coefficient (Wildman–Crippen LogP) is 0.911. The van der Waals surface area contributed by atoms with Crippen LogP contribution in [0.3, 0.4) is 0 Å². The topological polar surface area (TPSA) is 88.5 Å². The third-order valence-electron chi connectivity index (χ3n) is 5.76. The van der Waals surface area contributed by atoms with Crippen molar-refractivity contribution in [1.82, 2.24) is 9.96 Å². The van der Waals surface area contributed by atoms with Crippen molar-refractivity contribution in [3.8, 4) is 0 Å². The van der Waals surface area contributed by atoms with Gasteiger partial charge in [-0.15, -0.1) is 0 Å². The van der Waals surface area contributed by atoms with Crippen LogP contribution in [0.4, 0.5) is 13.2 Å². The average molecular weight is 410 g/mol. The maximum absolute atomic E-state index is 12.9. The van der Waals surface area contributed by atoms with Crippen LogP contribution in [0.5, 0.6) is 0 Å². The van der Waals surface area contributed by atoms with E-state index in [-0.39, 0.29) is 11.3 Å². The van der Waals surface area contributed by atoms with Crippen LogP contribution in [-0.4, -0.2) is 91.8 Å². The van der Waals surface area contributed by atoms with Crippen molar-refractivity contribution in [1.29, 1.82) is 0 Å². The molecule has 11 heteroatoms. The van der Waals surface area contributed by atoms with E-state index < -0.39 is 12.1 Å². The Morgan fingerprint density at radius 3 is 2.36 bits per heavy atom. The van der Waals surface area contributed by atoms with Crippen LogP contribution in [-0.2, 0) is 23.9 Å². The zero-order valence-corrected chi connectivity index (χ0v) is 15.4. The first-order valence-corrected chi connectivity index (χ1v) is 9.38. The van der Waals surface area contributed by atoms with Gasteiger partial charge >= 0.3 is 12.1 Å². The number of carboxylic acid groups (broad SMARTS) is 1. The Morgan fingerprint density at radius 1 is 1.11 bits per heavy atom. The number of carboxylic acids is 1. The normalized spacial score (nSPS) is 31.4. The van der Waals surface area contributed by atoms with E-state index in [2.05, 4.69) is 4.90 Å². The monoisotopic (exact) mass is 410 g/mol. The molecule has 4 heterocycles. The highest BCUT2D eigenvalue weighted by molar-refractivity contribution is 5.83. The molecule has 4 aliphatic rings. The highest BCUT2D eigenvalue weighted by atomic mass is 19.4. The number of carbonyl (C=O) groups is 2. The minimum absolute atomic E-state index is 0.150. The molecule has 4 aliphatic heterocycles. The smallest absolute Gasteiger partial charge is 0.475 e. The van der Waals surface area contributed by atoms with Crippen LogP contribution >= 0.6 is 0 Å². The molecule has 2 atom stereocenters. The fraction of sp³-hybridized carbons (Fsp3) is 0.882. The molecule has 0 aromatic rings. The number of carbonyl (C=O) groups excluding carboxylic acids is 1. The van der Waals surface area contributed by atoms with E-state index in [1.807, 2.05) is 0 Å². The van der Waals surface area contributed by atoms with Crippen LogP contribution in [0.2, 0.25) is 0 Å². The molecule has 0 radical (unpaired) electrons. The van der Waals surface area contributed by atoms with Crippen LogP contribution in [0.1, 0.15) is 19.3 Å². The first-order chi connectivity index (χ1) is 13.2. The molecule has 160 valence electrons. The molecule has 4 saturated heterocycles. The number of fused-ring (bicyclic) bond motifs is 1. The summed E-state index contributed by atoms with van der Waals surface area (Å²) in [4.78, 5) is 29.8. The minimum atomic E-state index is -5.08. The molecule has 1 amide bonds. The predicted molar refractivity (Wildman–Crippen MR) is 88.1 cm³/mol. The second kappa shape index (κ2) is 8.52. The van der Waals surface area contributed by atoms with Crippen LogP contribution in [0.15, 0.2) is 0 Å². The number of likely N-dealkylation sites (tertiary alicyclic amines) is 1. The third kappa shape index (κ3) is 4.42. The molecule has 0 aromatic heterocycles. The summed E-state index contributed by atoms with van der Waals surface area (Å²) in [7, 11) is 0. The van der Waals surface area contributed by atoms with Gasteiger partial charge in [0.1, 0.15) is 0 Å². The average Bonchev–Trinajstić information content (AvgIpc) is 3.37. The van der Waals surface area contributed by atoms with Gasteiger partial charge < -0.3 is 14.6 Å². The van der Waals surface area contributed by atoms with E-state index in [0.29, 0.717) is 31.8 Å². The van der Waals surface area contributed by atoms with E-state index in [1.54, 1.807) is 5.06 Å². The fourth-order valence-corrected chi connectivity index (χ4v) is 4.26. The quantitative estimate of drug-likeness (QED) is 0.724. The number of amides is 1. The molecular formula is C17H25F3N2O6. The molecule has 4 fully saturated rings. The molecule has 1 N–H and O–H groups in total. The van der Waals surface area contributed by atoms with Crippen LogP contribution in [0.25, 0.3) is 0 Å². The molecule has 8 nitrogen and oxygen atoms in total. The summed E-state index contributed by atoms with van der Waals surface area (Å²) in [6.45, 7) is 6.14. The second-order valence-corrected chi connectivity index (χ2v) is 7.54. The maximum Gasteiger partial charge on any atom is 0.490 e. The van der Waals surface area contributed by atoms with Crippen molar-refractivity contribution >= 4 is 11.9 Å². The number of aliphatic carboxylic acids is 1. The first-order valence-electron chi connectivity index (χ1n) is 9.38. The van der Waals surface area contributed by atoms with E-state index in [9.17, 15) is 18.0 Å². The molecule has 0 aliphatic carbocycles. The van der Waals surface area contributed by atoms with Crippen molar-refractivity contribution < 1.29 is 42.2 Å². The molecule has 0 aromatic carbocycles. The third-order valence-corrected chi connectivity index (χ3v) is 5.76. The van der Waals surface area contributed by atoms with Gasteiger partial charge in [0.25, 0.3) is 5.91 Å². The van der Waals surface area contributed by atoms with Gasteiger partial charge in [-0.1, -0.05) is 0 Å². The van der Waals surface area contributed by atoms with Gasteiger partial charge in [-0.3, -0.25) is 14.5 Å². The Balaban J connectivity index is 0.000000279.